The lowest BCUT2D eigenvalue weighted by Crippen LogP contribution is -2.40. The first-order valence-electron chi connectivity index (χ1n) is 6.76. The van der Waals surface area contributed by atoms with Crippen LogP contribution in [0.3, 0.4) is 0 Å². The second-order valence-electron chi connectivity index (χ2n) is 5.32. The van der Waals surface area contributed by atoms with Crippen molar-refractivity contribution in [2.24, 2.45) is 5.73 Å². The molecule has 0 amide bonds. The van der Waals surface area contributed by atoms with Crippen molar-refractivity contribution in [3.8, 4) is 11.5 Å². The second kappa shape index (κ2) is 5.80. The van der Waals surface area contributed by atoms with E-state index in [1.807, 2.05) is 12.1 Å². The van der Waals surface area contributed by atoms with Gasteiger partial charge in [0.2, 0.25) is 0 Å². The van der Waals surface area contributed by atoms with E-state index in [-0.39, 0.29) is 0 Å². The van der Waals surface area contributed by atoms with Crippen molar-refractivity contribution in [3.63, 3.8) is 0 Å². The Labute approximate surface area is 114 Å². The van der Waals surface area contributed by atoms with Crippen LogP contribution < -0.4 is 15.2 Å². The summed E-state index contributed by atoms with van der Waals surface area (Å²) in [6, 6.07) is 6.06. The molecule has 1 aromatic carbocycles. The van der Waals surface area contributed by atoms with Crippen LogP contribution in [0.15, 0.2) is 18.2 Å². The Morgan fingerprint density at radius 2 is 1.84 bits per heavy atom. The maximum absolute atomic E-state index is 10.2. The largest absolute Gasteiger partial charge is 0.493 e. The molecule has 0 atom stereocenters. The van der Waals surface area contributed by atoms with E-state index in [0.29, 0.717) is 12.5 Å². The van der Waals surface area contributed by atoms with Gasteiger partial charge in [-0.3, -0.25) is 0 Å². The van der Waals surface area contributed by atoms with Gasteiger partial charge in [0.15, 0.2) is 11.5 Å². The van der Waals surface area contributed by atoms with Crippen LogP contribution in [0.4, 0.5) is 0 Å². The first kappa shape index (κ1) is 14.2. The standard InChI is InChI=1S/C15H23NO3/c1-18-13-4-3-12(9-14(13)19-2)11-5-7-15(17,10-16)8-6-11/h3-4,9,11,17H,5-8,10,16H2,1-2H3. The normalized spacial score (nSPS) is 27.1. The summed E-state index contributed by atoms with van der Waals surface area (Å²) >= 11 is 0. The lowest BCUT2D eigenvalue weighted by molar-refractivity contribution is 0.00765. The molecule has 1 fully saturated rings. The van der Waals surface area contributed by atoms with Gasteiger partial charge in [0, 0.05) is 6.54 Å². The summed E-state index contributed by atoms with van der Waals surface area (Å²) in [5.74, 6) is 1.98. The van der Waals surface area contributed by atoms with Gasteiger partial charge >= 0.3 is 0 Å². The van der Waals surface area contributed by atoms with Crippen molar-refractivity contribution < 1.29 is 14.6 Å². The van der Waals surface area contributed by atoms with E-state index in [1.165, 1.54) is 5.56 Å². The van der Waals surface area contributed by atoms with E-state index in [9.17, 15) is 5.11 Å². The fourth-order valence-electron chi connectivity index (χ4n) is 2.80. The maximum atomic E-state index is 10.2. The predicted molar refractivity (Wildman–Crippen MR) is 74.8 cm³/mol. The van der Waals surface area contributed by atoms with E-state index in [2.05, 4.69) is 6.07 Å². The van der Waals surface area contributed by atoms with Crippen LogP contribution in [0.5, 0.6) is 11.5 Å². The summed E-state index contributed by atoms with van der Waals surface area (Å²) in [7, 11) is 3.29. The van der Waals surface area contributed by atoms with Gasteiger partial charge in [-0.25, -0.2) is 0 Å². The Bertz CT molecular complexity index is 425. The van der Waals surface area contributed by atoms with Crippen molar-refractivity contribution in [2.45, 2.75) is 37.2 Å². The van der Waals surface area contributed by atoms with E-state index < -0.39 is 5.60 Å². The van der Waals surface area contributed by atoms with Gasteiger partial charge in [-0.05, 0) is 49.3 Å². The minimum absolute atomic E-state index is 0.353. The average molecular weight is 265 g/mol. The number of nitrogens with two attached hydrogens (primary N) is 1. The molecule has 1 saturated carbocycles. The number of ether oxygens (including phenoxy) is 2. The Kier molecular flexibility index (Phi) is 4.32. The number of methoxy groups -OCH3 is 2. The first-order chi connectivity index (χ1) is 9.11. The molecule has 2 rings (SSSR count). The van der Waals surface area contributed by atoms with Crippen molar-refractivity contribution in [1.29, 1.82) is 0 Å². The molecule has 0 aliphatic heterocycles. The van der Waals surface area contributed by atoms with Gasteiger partial charge in [-0.2, -0.15) is 0 Å². The van der Waals surface area contributed by atoms with E-state index >= 15 is 0 Å². The molecule has 4 heteroatoms. The molecule has 0 unspecified atom stereocenters. The smallest absolute Gasteiger partial charge is 0.160 e. The number of hydrogen-bond acceptors (Lipinski definition) is 4. The molecule has 1 aliphatic carbocycles. The maximum Gasteiger partial charge on any atom is 0.160 e. The SMILES string of the molecule is COc1ccc(C2CCC(O)(CN)CC2)cc1OC. The molecule has 4 nitrogen and oxygen atoms in total. The van der Waals surface area contributed by atoms with Crippen molar-refractivity contribution >= 4 is 0 Å². The molecular formula is C15H23NO3. The Balaban J connectivity index is 2.11. The Morgan fingerprint density at radius 3 is 2.37 bits per heavy atom. The highest BCUT2D eigenvalue weighted by Crippen LogP contribution is 2.40. The highest BCUT2D eigenvalue weighted by atomic mass is 16.5. The van der Waals surface area contributed by atoms with E-state index in [0.717, 1.165) is 37.2 Å². The van der Waals surface area contributed by atoms with E-state index in [4.69, 9.17) is 15.2 Å². The summed E-state index contributed by atoms with van der Waals surface area (Å²) in [6.07, 6.45) is 3.46. The number of aliphatic hydroxyl groups is 1. The molecule has 1 aliphatic rings. The first-order valence-corrected chi connectivity index (χ1v) is 6.76. The summed E-state index contributed by atoms with van der Waals surface area (Å²) in [5.41, 5.74) is 6.21. The highest BCUT2D eigenvalue weighted by molar-refractivity contribution is 5.44. The number of rotatable bonds is 4. The van der Waals surface area contributed by atoms with Crippen LogP contribution in [0.25, 0.3) is 0 Å². The molecule has 0 saturated heterocycles. The molecule has 0 heterocycles. The van der Waals surface area contributed by atoms with Crippen LogP contribution >= 0.6 is 0 Å². The molecular weight excluding hydrogens is 242 g/mol. The fourth-order valence-corrected chi connectivity index (χ4v) is 2.80. The van der Waals surface area contributed by atoms with Gasteiger partial charge in [0.1, 0.15) is 0 Å². The zero-order chi connectivity index (χ0) is 13.9. The van der Waals surface area contributed by atoms with Gasteiger partial charge < -0.3 is 20.3 Å². The van der Waals surface area contributed by atoms with Crippen LogP contribution in [0, 0.1) is 0 Å². The average Bonchev–Trinajstić information content (AvgIpc) is 2.47. The molecule has 0 spiro atoms. The third-order valence-electron chi connectivity index (χ3n) is 4.18. The third kappa shape index (κ3) is 3.01. The highest BCUT2D eigenvalue weighted by Gasteiger charge is 2.32. The predicted octanol–water partition coefficient (Wildman–Crippen LogP) is 2.05. The number of benzene rings is 1. The minimum atomic E-state index is -0.660. The fraction of sp³-hybridized carbons (Fsp3) is 0.600. The third-order valence-corrected chi connectivity index (χ3v) is 4.18. The monoisotopic (exact) mass is 265 g/mol. The molecule has 0 bridgehead atoms. The van der Waals surface area contributed by atoms with Crippen LogP contribution in [-0.2, 0) is 0 Å². The molecule has 0 aromatic heterocycles. The van der Waals surface area contributed by atoms with Crippen LogP contribution in [0.1, 0.15) is 37.2 Å². The molecule has 0 radical (unpaired) electrons. The molecule has 3 N–H and O–H groups in total. The Morgan fingerprint density at radius 1 is 1.21 bits per heavy atom. The van der Waals surface area contributed by atoms with Gasteiger partial charge in [0.05, 0.1) is 19.8 Å². The molecule has 19 heavy (non-hydrogen) atoms. The number of hydrogen-bond donors (Lipinski definition) is 2. The second-order valence-corrected chi connectivity index (χ2v) is 5.32. The van der Waals surface area contributed by atoms with Crippen LogP contribution in [0.2, 0.25) is 0 Å². The zero-order valence-electron chi connectivity index (χ0n) is 11.7. The van der Waals surface area contributed by atoms with Crippen LogP contribution in [-0.4, -0.2) is 31.5 Å². The van der Waals surface area contributed by atoms with Crippen molar-refractivity contribution in [1.82, 2.24) is 0 Å². The molecule has 1 aromatic rings. The quantitative estimate of drug-likeness (QED) is 0.874. The summed E-state index contributed by atoms with van der Waals surface area (Å²) in [6.45, 7) is 0.353. The van der Waals surface area contributed by atoms with Gasteiger partial charge in [0.25, 0.3) is 0 Å². The summed E-state index contributed by atoms with van der Waals surface area (Å²) in [4.78, 5) is 0. The van der Waals surface area contributed by atoms with Gasteiger partial charge in [-0.1, -0.05) is 6.07 Å². The van der Waals surface area contributed by atoms with Crippen molar-refractivity contribution in [2.75, 3.05) is 20.8 Å². The lowest BCUT2D eigenvalue weighted by Gasteiger charge is -2.35. The molecule has 106 valence electrons. The Hall–Kier alpha value is -1.26. The van der Waals surface area contributed by atoms with Crippen molar-refractivity contribution in [3.05, 3.63) is 23.8 Å². The summed E-state index contributed by atoms with van der Waals surface area (Å²) < 4.78 is 10.6. The van der Waals surface area contributed by atoms with Gasteiger partial charge in [-0.15, -0.1) is 0 Å². The minimum Gasteiger partial charge on any atom is -0.493 e. The summed E-state index contributed by atoms with van der Waals surface area (Å²) in [5, 5.41) is 10.2. The topological polar surface area (TPSA) is 64.7 Å². The lowest BCUT2D eigenvalue weighted by atomic mass is 9.76. The van der Waals surface area contributed by atoms with E-state index in [1.54, 1.807) is 14.2 Å². The zero-order valence-corrected chi connectivity index (χ0v) is 11.7.